The standard InChI is InChI=1S/C13H19NO4S2/c1-8-7-19-11(13(15)18-4)12(8)20(16,17)14(3)9(2)10-5-6-10/h7,9-10H,5-6H2,1-4H3. The molecule has 0 radical (unpaired) electrons. The van der Waals surface area contributed by atoms with Crippen LogP contribution in [0.3, 0.4) is 0 Å². The van der Waals surface area contributed by atoms with Gasteiger partial charge in [-0.05, 0) is 43.6 Å². The Labute approximate surface area is 123 Å². The number of methoxy groups -OCH3 is 1. The number of aryl methyl sites for hydroxylation is 1. The number of carbonyl (C=O) groups excluding carboxylic acids is 1. The first kappa shape index (κ1) is 15.5. The molecule has 7 heteroatoms. The zero-order chi connectivity index (χ0) is 15.1. The Bertz CT molecular complexity index is 616. The fourth-order valence-electron chi connectivity index (χ4n) is 2.23. The van der Waals surface area contributed by atoms with Crippen LogP contribution in [0.1, 0.15) is 35.0 Å². The van der Waals surface area contributed by atoms with E-state index in [1.807, 2.05) is 6.92 Å². The fraction of sp³-hybridized carbons (Fsp3) is 0.615. The van der Waals surface area contributed by atoms with Gasteiger partial charge in [-0.1, -0.05) is 0 Å². The summed E-state index contributed by atoms with van der Waals surface area (Å²) in [6, 6.07) is -0.0511. The highest BCUT2D eigenvalue weighted by Gasteiger charge is 2.38. The molecular formula is C13H19NO4S2. The van der Waals surface area contributed by atoms with Crippen LogP contribution in [0.2, 0.25) is 0 Å². The maximum atomic E-state index is 12.8. The van der Waals surface area contributed by atoms with E-state index in [-0.39, 0.29) is 15.8 Å². The molecule has 1 aromatic rings. The topological polar surface area (TPSA) is 63.7 Å². The minimum atomic E-state index is -3.67. The summed E-state index contributed by atoms with van der Waals surface area (Å²) < 4.78 is 31.6. The molecule has 1 aliphatic rings. The van der Waals surface area contributed by atoms with Gasteiger partial charge >= 0.3 is 5.97 Å². The molecule has 112 valence electrons. The second-order valence-electron chi connectivity index (χ2n) is 5.17. The molecule has 0 amide bonds. The van der Waals surface area contributed by atoms with E-state index in [0.717, 1.165) is 24.2 Å². The number of thiophene rings is 1. The van der Waals surface area contributed by atoms with E-state index in [2.05, 4.69) is 4.74 Å². The summed E-state index contributed by atoms with van der Waals surface area (Å²) in [7, 11) is -0.839. The van der Waals surface area contributed by atoms with Crippen molar-refractivity contribution < 1.29 is 17.9 Å². The number of rotatable bonds is 5. The van der Waals surface area contributed by atoms with Gasteiger partial charge in [-0.2, -0.15) is 4.31 Å². The van der Waals surface area contributed by atoms with Gasteiger partial charge in [-0.15, -0.1) is 11.3 Å². The molecule has 0 spiro atoms. The summed E-state index contributed by atoms with van der Waals surface area (Å²) in [5, 5.41) is 1.68. The van der Waals surface area contributed by atoms with Crippen molar-refractivity contribution in [1.82, 2.24) is 4.31 Å². The third-order valence-corrected chi connectivity index (χ3v) is 7.14. The molecule has 1 unspecified atom stereocenters. The molecule has 1 atom stereocenters. The number of ether oxygens (including phenoxy) is 1. The van der Waals surface area contributed by atoms with Crippen molar-refractivity contribution in [2.45, 2.75) is 37.6 Å². The zero-order valence-corrected chi connectivity index (χ0v) is 13.7. The summed E-state index contributed by atoms with van der Waals surface area (Å²) in [4.78, 5) is 12.0. The SMILES string of the molecule is COC(=O)c1scc(C)c1S(=O)(=O)N(C)C(C)C1CC1. The normalized spacial score (nSPS) is 17.2. The second kappa shape index (κ2) is 5.46. The predicted octanol–water partition coefficient (Wildman–Crippen LogP) is 2.26. The first-order chi connectivity index (χ1) is 9.30. The lowest BCUT2D eigenvalue weighted by atomic mass is 10.2. The first-order valence-corrected chi connectivity index (χ1v) is 8.77. The van der Waals surface area contributed by atoms with Gasteiger partial charge in [0.25, 0.3) is 0 Å². The molecule has 1 aliphatic carbocycles. The lowest BCUT2D eigenvalue weighted by Crippen LogP contribution is -2.37. The Morgan fingerprint density at radius 2 is 2.10 bits per heavy atom. The predicted molar refractivity (Wildman–Crippen MR) is 77.5 cm³/mol. The average Bonchev–Trinajstić information content (AvgIpc) is 3.18. The molecule has 1 heterocycles. The molecule has 1 aromatic heterocycles. The molecule has 0 saturated heterocycles. The first-order valence-electron chi connectivity index (χ1n) is 6.45. The number of sulfonamides is 1. The van der Waals surface area contributed by atoms with E-state index in [1.165, 1.54) is 11.4 Å². The van der Waals surface area contributed by atoms with Crippen molar-refractivity contribution in [3.63, 3.8) is 0 Å². The molecule has 0 aromatic carbocycles. The van der Waals surface area contributed by atoms with Crippen LogP contribution in [0, 0.1) is 12.8 Å². The van der Waals surface area contributed by atoms with Gasteiger partial charge in [0.2, 0.25) is 10.0 Å². The smallest absolute Gasteiger partial charge is 0.349 e. The summed E-state index contributed by atoms with van der Waals surface area (Å²) >= 11 is 1.11. The molecular weight excluding hydrogens is 298 g/mol. The van der Waals surface area contributed by atoms with Crippen LogP contribution in [0.25, 0.3) is 0 Å². The lowest BCUT2D eigenvalue weighted by molar-refractivity contribution is 0.0602. The van der Waals surface area contributed by atoms with Gasteiger partial charge in [-0.25, -0.2) is 13.2 Å². The number of hydrogen-bond acceptors (Lipinski definition) is 5. The van der Waals surface area contributed by atoms with Crippen LogP contribution in [0.5, 0.6) is 0 Å². The molecule has 20 heavy (non-hydrogen) atoms. The van der Waals surface area contributed by atoms with Crippen LogP contribution < -0.4 is 0 Å². The molecule has 5 nitrogen and oxygen atoms in total. The van der Waals surface area contributed by atoms with Gasteiger partial charge in [0.1, 0.15) is 9.77 Å². The number of hydrogen-bond donors (Lipinski definition) is 0. The maximum absolute atomic E-state index is 12.8. The lowest BCUT2D eigenvalue weighted by Gasteiger charge is -2.24. The monoisotopic (exact) mass is 317 g/mol. The Kier molecular flexibility index (Phi) is 4.22. The van der Waals surface area contributed by atoms with Gasteiger partial charge in [0.05, 0.1) is 7.11 Å². The number of nitrogens with zero attached hydrogens (tertiary/aromatic N) is 1. The van der Waals surface area contributed by atoms with E-state index in [9.17, 15) is 13.2 Å². The van der Waals surface area contributed by atoms with Crippen molar-refractivity contribution in [3.05, 3.63) is 15.8 Å². The summed E-state index contributed by atoms with van der Waals surface area (Å²) in [6.07, 6.45) is 2.13. The van der Waals surface area contributed by atoms with E-state index >= 15 is 0 Å². The maximum Gasteiger partial charge on any atom is 0.349 e. The third kappa shape index (κ3) is 2.62. The van der Waals surface area contributed by atoms with Gasteiger partial charge in [0, 0.05) is 13.1 Å². The van der Waals surface area contributed by atoms with E-state index in [1.54, 1.807) is 19.4 Å². The Hall–Kier alpha value is -0.920. The van der Waals surface area contributed by atoms with Crippen molar-refractivity contribution in [2.24, 2.45) is 5.92 Å². The molecule has 1 fully saturated rings. The molecule has 2 rings (SSSR count). The summed E-state index contributed by atoms with van der Waals surface area (Å²) in [5.41, 5.74) is 0.588. The average molecular weight is 317 g/mol. The van der Waals surface area contributed by atoms with E-state index in [0.29, 0.717) is 11.5 Å². The molecule has 0 bridgehead atoms. The van der Waals surface area contributed by atoms with E-state index < -0.39 is 16.0 Å². The Morgan fingerprint density at radius 1 is 1.50 bits per heavy atom. The Balaban J connectivity index is 2.43. The van der Waals surface area contributed by atoms with E-state index in [4.69, 9.17) is 0 Å². The van der Waals surface area contributed by atoms with Gasteiger partial charge < -0.3 is 4.74 Å². The quantitative estimate of drug-likeness (QED) is 0.782. The Morgan fingerprint density at radius 3 is 2.60 bits per heavy atom. The number of esters is 1. The van der Waals surface area contributed by atoms with Gasteiger partial charge in [-0.3, -0.25) is 0 Å². The molecule has 1 saturated carbocycles. The van der Waals surface area contributed by atoms with Crippen LogP contribution in [0.15, 0.2) is 10.3 Å². The summed E-state index contributed by atoms with van der Waals surface area (Å²) in [5.74, 6) is -0.176. The fourth-order valence-corrected chi connectivity index (χ4v) is 5.30. The molecule has 0 N–H and O–H groups in total. The minimum Gasteiger partial charge on any atom is -0.465 e. The van der Waals surface area contributed by atoms with Crippen LogP contribution in [0.4, 0.5) is 0 Å². The van der Waals surface area contributed by atoms with Crippen LogP contribution >= 0.6 is 11.3 Å². The van der Waals surface area contributed by atoms with Crippen molar-refractivity contribution >= 4 is 27.3 Å². The van der Waals surface area contributed by atoms with Crippen molar-refractivity contribution in [1.29, 1.82) is 0 Å². The summed E-state index contributed by atoms with van der Waals surface area (Å²) in [6.45, 7) is 3.61. The van der Waals surface area contributed by atoms with Crippen molar-refractivity contribution in [2.75, 3.05) is 14.2 Å². The largest absolute Gasteiger partial charge is 0.465 e. The minimum absolute atomic E-state index is 0.0511. The van der Waals surface area contributed by atoms with Crippen LogP contribution in [-0.2, 0) is 14.8 Å². The highest BCUT2D eigenvalue weighted by molar-refractivity contribution is 7.89. The zero-order valence-electron chi connectivity index (χ0n) is 12.0. The highest BCUT2D eigenvalue weighted by Crippen LogP contribution is 2.38. The molecule has 0 aliphatic heterocycles. The van der Waals surface area contributed by atoms with Crippen molar-refractivity contribution in [3.8, 4) is 0 Å². The van der Waals surface area contributed by atoms with Gasteiger partial charge in [0.15, 0.2) is 0 Å². The van der Waals surface area contributed by atoms with Crippen LogP contribution in [-0.4, -0.2) is 38.9 Å². The third-order valence-electron chi connectivity index (χ3n) is 3.80. The second-order valence-corrected chi connectivity index (χ2v) is 7.98. The highest BCUT2D eigenvalue weighted by atomic mass is 32.2. The number of carbonyl (C=O) groups is 1.